The predicted octanol–water partition coefficient (Wildman–Crippen LogP) is 2.48. The number of hydrogen-bond acceptors (Lipinski definition) is 4. The maximum Gasteiger partial charge on any atom is 0.287 e. The zero-order valence-electron chi connectivity index (χ0n) is 9.94. The molecule has 0 aliphatic heterocycles. The van der Waals surface area contributed by atoms with Gasteiger partial charge in [-0.15, -0.1) is 0 Å². The first-order valence-corrected chi connectivity index (χ1v) is 6.47. The van der Waals surface area contributed by atoms with E-state index in [1.54, 1.807) is 18.2 Å². The van der Waals surface area contributed by atoms with Gasteiger partial charge in [-0.05, 0) is 12.1 Å². The first-order chi connectivity index (χ1) is 9.52. The van der Waals surface area contributed by atoms with E-state index in [-0.39, 0.29) is 17.4 Å². The van der Waals surface area contributed by atoms with Crippen LogP contribution in [0.2, 0.25) is 15.1 Å². The van der Waals surface area contributed by atoms with E-state index in [1.807, 2.05) is 5.43 Å². The molecule has 1 aromatic heterocycles. The number of amides is 1. The summed E-state index contributed by atoms with van der Waals surface area (Å²) in [6.45, 7) is 0.0115. The molecule has 0 saturated heterocycles. The van der Waals surface area contributed by atoms with Gasteiger partial charge in [0.05, 0.1) is 10.0 Å². The van der Waals surface area contributed by atoms with Crippen LogP contribution in [0.25, 0.3) is 0 Å². The second kappa shape index (κ2) is 6.32. The summed E-state index contributed by atoms with van der Waals surface area (Å²) in [4.78, 5) is 11.3. The van der Waals surface area contributed by atoms with Gasteiger partial charge < -0.3 is 4.74 Å². The number of nitrogens with two attached hydrogens (primary N) is 1. The molecule has 0 radical (unpaired) electrons. The van der Waals surface area contributed by atoms with Crippen molar-refractivity contribution in [2.75, 3.05) is 0 Å². The number of nitrogens with one attached hydrogen (secondary N) is 1. The topological polar surface area (TPSA) is 82.2 Å². The standard InChI is InChI=1S/C11H9Cl3N4O2/c12-6-2-1-3-8(9(6)14)20-5-18-4-7(13)10(17-18)11(19)16-15/h1-4H,5,15H2,(H,16,19). The summed E-state index contributed by atoms with van der Waals surface area (Å²) >= 11 is 17.7. The molecule has 0 aliphatic carbocycles. The Bertz CT molecular complexity index is 645. The van der Waals surface area contributed by atoms with E-state index in [9.17, 15) is 4.79 Å². The fraction of sp³-hybridized carbons (Fsp3) is 0.0909. The van der Waals surface area contributed by atoms with Gasteiger partial charge in [-0.2, -0.15) is 5.10 Å². The number of benzene rings is 1. The Kier molecular flexibility index (Phi) is 4.72. The van der Waals surface area contributed by atoms with E-state index >= 15 is 0 Å². The minimum atomic E-state index is -0.588. The minimum absolute atomic E-state index is 0.00922. The summed E-state index contributed by atoms with van der Waals surface area (Å²) in [5, 5.41) is 4.78. The molecule has 0 atom stereocenters. The highest BCUT2D eigenvalue weighted by atomic mass is 35.5. The number of nitrogens with zero attached hydrogens (tertiary/aromatic N) is 2. The molecule has 0 fully saturated rings. The van der Waals surface area contributed by atoms with Crippen LogP contribution in [0.4, 0.5) is 0 Å². The number of halogens is 3. The Labute approximate surface area is 129 Å². The maximum atomic E-state index is 11.3. The molecule has 0 spiro atoms. The van der Waals surface area contributed by atoms with Gasteiger partial charge in [-0.3, -0.25) is 10.2 Å². The second-order valence-electron chi connectivity index (χ2n) is 3.66. The Morgan fingerprint density at radius 1 is 1.35 bits per heavy atom. The van der Waals surface area contributed by atoms with Crippen molar-refractivity contribution in [1.29, 1.82) is 0 Å². The average Bonchev–Trinajstić information content (AvgIpc) is 2.81. The smallest absolute Gasteiger partial charge is 0.287 e. The van der Waals surface area contributed by atoms with Crippen LogP contribution in [0.1, 0.15) is 10.5 Å². The fourth-order valence-corrected chi connectivity index (χ4v) is 2.00. The molecule has 106 valence electrons. The molecule has 1 aromatic carbocycles. The van der Waals surface area contributed by atoms with E-state index in [0.29, 0.717) is 15.8 Å². The lowest BCUT2D eigenvalue weighted by molar-refractivity contribution is 0.0946. The van der Waals surface area contributed by atoms with Crippen molar-refractivity contribution in [3.05, 3.63) is 45.2 Å². The SMILES string of the molecule is NNC(=O)c1nn(COc2cccc(Cl)c2Cl)cc1Cl. The molecule has 9 heteroatoms. The largest absolute Gasteiger partial charge is 0.470 e. The first kappa shape index (κ1) is 14.9. The summed E-state index contributed by atoms with van der Waals surface area (Å²) in [5.41, 5.74) is 1.96. The van der Waals surface area contributed by atoms with Gasteiger partial charge in [0.2, 0.25) is 0 Å². The molecule has 0 saturated carbocycles. The van der Waals surface area contributed by atoms with E-state index in [0.717, 1.165) is 0 Å². The second-order valence-corrected chi connectivity index (χ2v) is 4.86. The van der Waals surface area contributed by atoms with Gasteiger partial charge >= 0.3 is 0 Å². The van der Waals surface area contributed by atoms with Crippen LogP contribution in [0.15, 0.2) is 24.4 Å². The molecule has 6 nitrogen and oxygen atoms in total. The number of aromatic nitrogens is 2. The Hall–Kier alpha value is -1.47. The van der Waals surface area contributed by atoms with Gasteiger partial charge in [0.15, 0.2) is 12.4 Å². The third kappa shape index (κ3) is 3.16. The van der Waals surface area contributed by atoms with Crippen molar-refractivity contribution in [2.45, 2.75) is 6.73 Å². The van der Waals surface area contributed by atoms with Crippen molar-refractivity contribution >= 4 is 40.7 Å². The van der Waals surface area contributed by atoms with Gasteiger partial charge in [-0.1, -0.05) is 40.9 Å². The normalized spacial score (nSPS) is 10.4. The van der Waals surface area contributed by atoms with Gasteiger partial charge in [-0.25, -0.2) is 10.5 Å². The van der Waals surface area contributed by atoms with Crippen LogP contribution in [-0.2, 0) is 6.73 Å². The third-order valence-electron chi connectivity index (χ3n) is 2.33. The number of carbonyl (C=O) groups excluding carboxylic acids is 1. The number of carbonyl (C=O) groups is 1. The molecular weight excluding hydrogens is 327 g/mol. The monoisotopic (exact) mass is 334 g/mol. The van der Waals surface area contributed by atoms with Crippen LogP contribution in [0.3, 0.4) is 0 Å². The van der Waals surface area contributed by atoms with Gasteiger partial charge in [0.1, 0.15) is 10.8 Å². The number of hydrazine groups is 1. The number of ether oxygens (including phenoxy) is 1. The Balaban J connectivity index is 2.12. The third-order valence-corrected chi connectivity index (χ3v) is 3.41. The molecule has 0 bridgehead atoms. The lowest BCUT2D eigenvalue weighted by atomic mass is 10.3. The predicted molar refractivity (Wildman–Crippen MR) is 76.0 cm³/mol. The van der Waals surface area contributed by atoms with Crippen LogP contribution in [0, 0.1) is 0 Å². The molecule has 3 N–H and O–H groups in total. The van der Waals surface area contributed by atoms with Crippen molar-refractivity contribution in [3.8, 4) is 5.75 Å². The minimum Gasteiger partial charge on any atom is -0.470 e. The quantitative estimate of drug-likeness (QED) is 0.511. The molecular formula is C11H9Cl3N4O2. The number of rotatable bonds is 4. The Morgan fingerprint density at radius 2 is 2.10 bits per heavy atom. The molecule has 1 heterocycles. The van der Waals surface area contributed by atoms with Crippen LogP contribution in [-0.4, -0.2) is 15.7 Å². The molecule has 1 amide bonds. The molecule has 0 aliphatic rings. The number of hydrogen-bond donors (Lipinski definition) is 2. The van der Waals surface area contributed by atoms with Crippen molar-refractivity contribution < 1.29 is 9.53 Å². The summed E-state index contributed by atoms with van der Waals surface area (Å²) in [6.07, 6.45) is 1.44. The molecule has 0 unspecified atom stereocenters. The summed E-state index contributed by atoms with van der Waals surface area (Å²) in [6, 6.07) is 5.00. The maximum absolute atomic E-state index is 11.3. The fourth-order valence-electron chi connectivity index (χ4n) is 1.42. The number of nitrogen functional groups attached to an aromatic ring is 1. The van der Waals surface area contributed by atoms with Crippen molar-refractivity contribution in [3.63, 3.8) is 0 Å². The summed E-state index contributed by atoms with van der Waals surface area (Å²) in [5.74, 6) is 4.82. The van der Waals surface area contributed by atoms with E-state index < -0.39 is 5.91 Å². The van der Waals surface area contributed by atoms with Crippen LogP contribution >= 0.6 is 34.8 Å². The average molecular weight is 336 g/mol. The van der Waals surface area contributed by atoms with E-state index in [2.05, 4.69) is 5.10 Å². The van der Waals surface area contributed by atoms with Crippen molar-refractivity contribution in [2.24, 2.45) is 5.84 Å². The summed E-state index contributed by atoms with van der Waals surface area (Å²) < 4.78 is 6.79. The zero-order valence-corrected chi connectivity index (χ0v) is 12.2. The zero-order chi connectivity index (χ0) is 14.7. The Morgan fingerprint density at radius 3 is 2.80 bits per heavy atom. The van der Waals surface area contributed by atoms with Gasteiger partial charge in [0.25, 0.3) is 5.91 Å². The molecule has 2 aromatic rings. The highest BCUT2D eigenvalue weighted by molar-refractivity contribution is 6.42. The van der Waals surface area contributed by atoms with Crippen LogP contribution in [0.5, 0.6) is 5.75 Å². The molecule has 20 heavy (non-hydrogen) atoms. The first-order valence-electron chi connectivity index (χ1n) is 5.33. The van der Waals surface area contributed by atoms with Gasteiger partial charge in [0, 0.05) is 6.20 Å². The van der Waals surface area contributed by atoms with E-state index in [4.69, 9.17) is 45.4 Å². The van der Waals surface area contributed by atoms with Crippen LogP contribution < -0.4 is 16.0 Å². The lowest BCUT2D eigenvalue weighted by Gasteiger charge is -2.08. The van der Waals surface area contributed by atoms with E-state index in [1.165, 1.54) is 10.9 Å². The summed E-state index contributed by atoms with van der Waals surface area (Å²) in [7, 11) is 0. The highest BCUT2D eigenvalue weighted by Crippen LogP contribution is 2.31. The lowest BCUT2D eigenvalue weighted by Crippen LogP contribution is -2.30. The molecule has 2 rings (SSSR count). The van der Waals surface area contributed by atoms with Crippen molar-refractivity contribution in [1.82, 2.24) is 15.2 Å². The highest BCUT2D eigenvalue weighted by Gasteiger charge is 2.14.